The van der Waals surface area contributed by atoms with Gasteiger partial charge in [-0.3, -0.25) is 9.59 Å². The molecule has 0 saturated carbocycles. The summed E-state index contributed by atoms with van der Waals surface area (Å²) in [4.78, 5) is 37.0. The third kappa shape index (κ3) is 2.52. The minimum Gasteiger partial charge on any atom is -0.425 e. The van der Waals surface area contributed by atoms with E-state index in [-0.39, 0.29) is 16.6 Å². The van der Waals surface area contributed by atoms with E-state index in [0.717, 1.165) is 6.42 Å². The van der Waals surface area contributed by atoms with Crippen LogP contribution in [0.5, 0.6) is 5.75 Å². The number of rotatable bonds is 3. The van der Waals surface area contributed by atoms with Crippen molar-refractivity contribution >= 4 is 29.4 Å². The van der Waals surface area contributed by atoms with Crippen molar-refractivity contribution in [1.29, 1.82) is 0 Å². The number of fused-ring (bicyclic) bond motifs is 1. The molecule has 2 aliphatic heterocycles. The molecule has 3 rings (SSSR count). The van der Waals surface area contributed by atoms with Crippen LogP contribution in [0.25, 0.3) is 0 Å². The van der Waals surface area contributed by atoms with Gasteiger partial charge < -0.3 is 9.64 Å². The average Bonchev–Trinajstić information content (AvgIpc) is 2.97. The fraction of sp³-hybridized carbons (Fsp3) is 0.438. The van der Waals surface area contributed by atoms with E-state index in [4.69, 9.17) is 4.74 Å². The first-order chi connectivity index (χ1) is 10.4. The molecule has 1 aromatic carbocycles. The summed E-state index contributed by atoms with van der Waals surface area (Å²) in [5.41, 5.74) is 0.568. The monoisotopic (exact) mass is 319 g/mol. The van der Waals surface area contributed by atoms with E-state index in [9.17, 15) is 14.4 Å². The topological polar surface area (TPSA) is 63.7 Å². The molecule has 6 heteroatoms. The lowest BCUT2D eigenvalue weighted by Crippen LogP contribution is -2.47. The maximum atomic E-state index is 12.4. The Hall–Kier alpha value is -1.82. The lowest BCUT2D eigenvalue weighted by molar-refractivity contribution is -0.146. The zero-order valence-electron chi connectivity index (χ0n) is 12.5. The molecule has 2 saturated heterocycles. The fourth-order valence-corrected chi connectivity index (χ4v) is 4.35. The minimum atomic E-state index is -0.530. The van der Waals surface area contributed by atoms with Crippen LogP contribution >= 0.6 is 11.8 Å². The van der Waals surface area contributed by atoms with Crippen LogP contribution in [0.1, 0.15) is 37.0 Å². The van der Waals surface area contributed by atoms with Gasteiger partial charge in [0, 0.05) is 17.7 Å². The van der Waals surface area contributed by atoms with Gasteiger partial charge in [-0.05, 0) is 44.5 Å². The second-order valence-corrected chi connectivity index (χ2v) is 7.27. The van der Waals surface area contributed by atoms with Gasteiger partial charge in [-0.25, -0.2) is 4.79 Å². The lowest BCUT2D eigenvalue weighted by Gasteiger charge is -2.29. The predicted molar refractivity (Wildman–Crippen MR) is 82.8 cm³/mol. The van der Waals surface area contributed by atoms with Crippen molar-refractivity contribution in [3.05, 3.63) is 29.8 Å². The summed E-state index contributed by atoms with van der Waals surface area (Å²) in [6.07, 6.45) is 1.26. The van der Waals surface area contributed by atoms with Gasteiger partial charge in [0.05, 0.1) is 4.87 Å². The van der Waals surface area contributed by atoms with Crippen LogP contribution in [-0.2, 0) is 9.59 Å². The van der Waals surface area contributed by atoms with Gasteiger partial charge in [-0.1, -0.05) is 0 Å². The number of Topliss-reactive ketones (excluding diaryl/α,β-unsaturated/α-hetero) is 1. The quantitative estimate of drug-likeness (QED) is 0.486. The SMILES string of the molecule is CC(=O)c1ccc(OC(=O)[C@@H]2CS[C@@]3(C)CCC(=O)N23)cc1. The highest BCUT2D eigenvalue weighted by molar-refractivity contribution is 8.01. The lowest BCUT2D eigenvalue weighted by atomic mass is 10.1. The Balaban J connectivity index is 1.72. The van der Waals surface area contributed by atoms with Crippen LogP contribution in [0.4, 0.5) is 0 Å². The molecule has 2 fully saturated rings. The fourth-order valence-electron chi connectivity index (χ4n) is 2.94. The normalized spacial score (nSPS) is 26.9. The van der Waals surface area contributed by atoms with Crippen molar-refractivity contribution in [2.45, 2.75) is 37.6 Å². The highest BCUT2D eigenvalue weighted by Crippen LogP contribution is 2.47. The Morgan fingerprint density at radius 2 is 2.00 bits per heavy atom. The number of benzene rings is 1. The van der Waals surface area contributed by atoms with Crippen molar-refractivity contribution in [3.8, 4) is 5.75 Å². The molecule has 1 amide bonds. The first kappa shape index (κ1) is 15.1. The maximum Gasteiger partial charge on any atom is 0.335 e. The third-order valence-corrected chi connectivity index (χ3v) is 5.70. The first-order valence-electron chi connectivity index (χ1n) is 7.19. The number of thioether (sulfide) groups is 1. The standard InChI is InChI=1S/C16H17NO4S/c1-10(18)11-3-5-12(6-4-11)21-15(20)13-9-22-16(2)8-7-14(19)17(13)16/h3-6,13H,7-9H2,1-2H3/t13-,16-/m0/s1. The van der Waals surface area contributed by atoms with Gasteiger partial charge in [0.1, 0.15) is 11.8 Å². The summed E-state index contributed by atoms with van der Waals surface area (Å²) in [6.45, 7) is 3.48. The summed E-state index contributed by atoms with van der Waals surface area (Å²) >= 11 is 1.63. The summed E-state index contributed by atoms with van der Waals surface area (Å²) < 4.78 is 5.38. The Labute approximate surface area is 133 Å². The van der Waals surface area contributed by atoms with Gasteiger partial charge in [-0.2, -0.15) is 0 Å². The van der Waals surface area contributed by atoms with Gasteiger partial charge >= 0.3 is 5.97 Å². The molecule has 0 radical (unpaired) electrons. The minimum absolute atomic E-state index is 0.0152. The van der Waals surface area contributed by atoms with Gasteiger partial charge in [0.2, 0.25) is 5.91 Å². The summed E-state index contributed by atoms with van der Waals surface area (Å²) in [5.74, 6) is 0.513. The van der Waals surface area contributed by atoms with E-state index < -0.39 is 12.0 Å². The number of ketones is 1. The molecule has 0 N–H and O–H groups in total. The third-order valence-electron chi connectivity index (χ3n) is 4.20. The molecular formula is C16H17NO4S. The average molecular weight is 319 g/mol. The van der Waals surface area contributed by atoms with Crippen molar-refractivity contribution in [3.63, 3.8) is 0 Å². The molecule has 2 aliphatic rings. The number of ether oxygens (including phenoxy) is 1. The van der Waals surface area contributed by atoms with Crippen LogP contribution in [-0.4, -0.2) is 39.2 Å². The zero-order valence-corrected chi connectivity index (χ0v) is 13.3. The van der Waals surface area contributed by atoms with E-state index in [0.29, 0.717) is 23.5 Å². The molecule has 5 nitrogen and oxygen atoms in total. The number of esters is 1. The zero-order chi connectivity index (χ0) is 15.9. The number of hydrogen-bond donors (Lipinski definition) is 0. The molecular weight excluding hydrogens is 302 g/mol. The Bertz CT molecular complexity index is 642. The summed E-state index contributed by atoms with van der Waals surface area (Å²) in [7, 11) is 0. The number of carbonyl (C=O) groups is 3. The number of hydrogen-bond acceptors (Lipinski definition) is 5. The van der Waals surface area contributed by atoms with Crippen molar-refractivity contribution < 1.29 is 19.1 Å². The van der Waals surface area contributed by atoms with E-state index in [1.54, 1.807) is 40.9 Å². The van der Waals surface area contributed by atoms with Crippen molar-refractivity contribution in [1.82, 2.24) is 4.90 Å². The summed E-state index contributed by atoms with van der Waals surface area (Å²) in [6, 6.07) is 5.92. The van der Waals surface area contributed by atoms with Crippen LogP contribution in [0.15, 0.2) is 24.3 Å². The second kappa shape index (κ2) is 5.43. The largest absolute Gasteiger partial charge is 0.425 e. The van der Waals surface area contributed by atoms with Crippen molar-refractivity contribution in [2.75, 3.05) is 5.75 Å². The van der Waals surface area contributed by atoms with Crippen LogP contribution in [0.2, 0.25) is 0 Å². The molecule has 2 atom stereocenters. The van der Waals surface area contributed by atoms with Gasteiger partial charge in [0.25, 0.3) is 0 Å². The molecule has 22 heavy (non-hydrogen) atoms. The van der Waals surface area contributed by atoms with Crippen LogP contribution < -0.4 is 4.74 Å². The highest BCUT2D eigenvalue weighted by atomic mass is 32.2. The Morgan fingerprint density at radius 3 is 2.64 bits per heavy atom. The Kier molecular flexibility index (Phi) is 3.72. The molecule has 0 bridgehead atoms. The number of nitrogens with zero attached hydrogens (tertiary/aromatic N) is 1. The summed E-state index contributed by atoms with van der Waals surface area (Å²) in [5, 5.41) is 0. The predicted octanol–water partition coefficient (Wildman–Crippen LogP) is 2.25. The molecule has 1 aromatic rings. The van der Waals surface area contributed by atoms with Crippen molar-refractivity contribution in [2.24, 2.45) is 0 Å². The molecule has 0 aliphatic carbocycles. The first-order valence-corrected chi connectivity index (χ1v) is 8.18. The second-order valence-electron chi connectivity index (χ2n) is 5.77. The molecule has 0 spiro atoms. The van der Waals surface area contributed by atoms with Gasteiger partial charge in [-0.15, -0.1) is 11.8 Å². The van der Waals surface area contributed by atoms with E-state index in [1.165, 1.54) is 6.92 Å². The van der Waals surface area contributed by atoms with Crippen LogP contribution in [0, 0.1) is 0 Å². The maximum absolute atomic E-state index is 12.4. The van der Waals surface area contributed by atoms with Crippen LogP contribution in [0.3, 0.4) is 0 Å². The highest BCUT2D eigenvalue weighted by Gasteiger charge is 2.53. The molecule has 0 unspecified atom stereocenters. The van der Waals surface area contributed by atoms with E-state index in [2.05, 4.69) is 0 Å². The van der Waals surface area contributed by atoms with Gasteiger partial charge in [0.15, 0.2) is 5.78 Å². The Morgan fingerprint density at radius 1 is 1.32 bits per heavy atom. The number of amides is 1. The molecule has 116 valence electrons. The van der Waals surface area contributed by atoms with E-state index in [1.807, 2.05) is 6.92 Å². The molecule has 0 aromatic heterocycles. The van der Waals surface area contributed by atoms with E-state index >= 15 is 0 Å². The molecule has 2 heterocycles. The smallest absolute Gasteiger partial charge is 0.335 e. The number of carbonyl (C=O) groups excluding carboxylic acids is 3.